The molecule has 0 spiro atoms. The highest BCUT2D eigenvalue weighted by molar-refractivity contribution is 5.16. The largest absolute Gasteiger partial charge is 0.360 e. The van der Waals surface area contributed by atoms with Crippen LogP contribution < -0.4 is 0 Å². The van der Waals surface area contributed by atoms with E-state index in [1.807, 2.05) is 0 Å². The third-order valence-corrected chi connectivity index (χ3v) is 2.13. The molecule has 0 amide bonds. The van der Waals surface area contributed by atoms with Crippen molar-refractivity contribution in [1.29, 1.82) is 0 Å². The Kier molecular flexibility index (Phi) is 1.70. The number of H-pyrrole nitrogens is 1. The molecule has 0 radical (unpaired) electrons. The quantitative estimate of drug-likeness (QED) is 0.680. The van der Waals surface area contributed by atoms with Gasteiger partial charge in [0.15, 0.2) is 0 Å². The molecule has 2 nitrogen and oxygen atoms in total. The van der Waals surface area contributed by atoms with Gasteiger partial charge in [0, 0.05) is 24.5 Å². The second-order valence-corrected chi connectivity index (χ2v) is 3.22. The maximum Gasteiger partial charge on any atom is 0.0389 e. The Labute approximate surface area is 67.2 Å². The van der Waals surface area contributed by atoms with E-state index >= 15 is 0 Å². The molecule has 2 heterocycles. The maximum absolute atomic E-state index is 3.36. The van der Waals surface area contributed by atoms with Crippen molar-refractivity contribution in [2.24, 2.45) is 0 Å². The first kappa shape index (κ1) is 6.92. The molecule has 0 aliphatic carbocycles. The molecule has 1 N–H and O–H groups in total. The Balaban J connectivity index is 2.06. The van der Waals surface area contributed by atoms with Gasteiger partial charge in [0.25, 0.3) is 0 Å². The second kappa shape index (κ2) is 2.70. The number of hydrogen-bond acceptors (Lipinski definition) is 1. The Hall–Kier alpha value is -0.760. The van der Waals surface area contributed by atoms with E-state index in [4.69, 9.17) is 0 Å². The number of aromatic nitrogens is 1. The highest BCUT2D eigenvalue weighted by Gasteiger charge is 2.13. The standard InChI is InChI=1S/C9H14N2/c1-2-5-11-6-8-3-4-9(7-11)10-8/h3-4,10H,2,5-7H2,1H3. The number of nitrogens with zero attached hydrogens (tertiary/aromatic N) is 1. The van der Waals surface area contributed by atoms with Crippen LogP contribution in [0.25, 0.3) is 0 Å². The fourth-order valence-electron chi connectivity index (χ4n) is 1.69. The number of rotatable bonds is 2. The van der Waals surface area contributed by atoms with Gasteiger partial charge in [-0.15, -0.1) is 0 Å². The first-order valence-corrected chi connectivity index (χ1v) is 4.27. The van der Waals surface area contributed by atoms with Crippen molar-refractivity contribution in [2.45, 2.75) is 26.4 Å². The number of fused-ring (bicyclic) bond motifs is 2. The van der Waals surface area contributed by atoms with Gasteiger partial charge in [-0.1, -0.05) is 6.92 Å². The van der Waals surface area contributed by atoms with Gasteiger partial charge in [-0.05, 0) is 25.1 Å². The average molecular weight is 150 g/mol. The molecule has 0 aromatic carbocycles. The van der Waals surface area contributed by atoms with Crippen LogP contribution in [0.2, 0.25) is 0 Å². The Morgan fingerprint density at radius 1 is 1.36 bits per heavy atom. The monoisotopic (exact) mass is 150 g/mol. The summed E-state index contributed by atoms with van der Waals surface area (Å²) < 4.78 is 0. The number of aromatic amines is 1. The molecular weight excluding hydrogens is 136 g/mol. The minimum absolute atomic E-state index is 1.10. The van der Waals surface area contributed by atoms with Gasteiger partial charge < -0.3 is 4.98 Å². The van der Waals surface area contributed by atoms with Crippen LogP contribution in [0.4, 0.5) is 0 Å². The van der Waals surface area contributed by atoms with Crippen LogP contribution in [-0.4, -0.2) is 16.4 Å². The molecular formula is C9H14N2. The highest BCUT2D eigenvalue weighted by Crippen LogP contribution is 2.15. The van der Waals surface area contributed by atoms with Gasteiger partial charge in [0.2, 0.25) is 0 Å². The normalized spacial score (nSPS) is 17.2. The average Bonchev–Trinajstić information content (AvgIpc) is 2.32. The van der Waals surface area contributed by atoms with Gasteiger partial charge in [0.05, 0.1) is 0 Å². The summed E-state index contributed by atoms with van der Waals surface area (Å²) >= 11 is 0. The predicted molar refractivity (Wildman–Crippen MR) is 45.2 cm³/mol. The van der Waals surface area contributed by atoms with Crippen molar-refractivity contribution < 1.29 is 0 Å². The number of nitrogens with one attached hydrogen (secondary N) is 1. The topological polar surface area (TPSA) is 19.0 Å². The zero-order chi connectivity index (χ0) is 7.68. The number of hydrogen-bond donors (Lipinski definition) is 1. The Bertz CT molecular complexity index is 219. The summed E-state index contributed by atoms with van der Waals surface area (Å²) in [6.07, 6.45) is 1.25. The molecule has 0 saturated carbocycles. The fraction of sp³-hybridized carbons (Fsp3) is 0.556. The van der Waals surface area contributed by atoms with Crippen molar-refractivity contribution in [2.75, 3.05) is 6.54 Å². The summed E-state index contributed by atoms with van der Waals surface area (Å²) in [4.78, 5) is 5.83. The molecule has 11 heavy (non-hydrogen) atoms. The fourth-order valence-corrected chi connectivity index (χ4v) is 1.69. The predicted octanol–water partition coefficient (Wildman–Crippen LogP) is 1.74. The first-order chi connectivity index (χ1) is 5.38. The van der Waals surface area contributed by atoms with Crippen LogP contribution in [0.3, 0.4) is 0 Å². The van der Waals surface area contributed by atoms with Crippen molar-refractivity contribution in [3.05, 3.63) is 23.5 Å². The van der Waals surface area contributed by atoms with Gasteiger partial charge in [0.1, 0.15) is 0 Å². The van der Waals surface area contributed by atoms with Gasteiger partial charge in [-0.3, -0.25) is 4.90 Å². The summed E-state index contributed by atoms with van der Waals surface area (Å²) in [5, 5.41) is 0. The van der Waals surface area contributed by atoms with Crippen LogP contribution >= 0.6 is 0 Å². The van der Waals surface area contributed by atoms with E-state index in [-0.39, 0.29) is 0 Å². The Morgan fingerprint density at radius 2 is 2.00 bits per heavy atom. The lowest BCUT2D eigenvalue weighted by Gasteiger charge is -2.23. The van der Waals surface area contributed by atoms with Crippen LogP contribution in [0.15, 0.2) is 12.1 Å². The van der Waals surface area contributed by atoms with Crippen LogP contribution in [0, 0.1) is 0 Å². The lowest BCUT2D eigenvalue weighted by Crippen LogP contribution is -2.26. The second-order valence-electron chi connectivity index (χ2n) is 3.22. The van der Waals surface area contributed by atoms with Crippen molar-refractivity contribution in [3.8, 4) is 0 Å². The first-order valence-electron chi connectivity index (χ1n) is 4.27. The molecule has 0 unspecified atom stereocenters. The van der Waals surface area contributed by atoms with Gasteiger partial charge in [-0.2, -0.15) is 0 Å². The molecule has 60 valence electrons. The van der Waals surface area contributed by atoms with E-state index < -0.39 is 0 Å². The zero-order valence-electron chi connectivity index (χ0n) is 6.93. The molecule has 1 aromatic heterocycles. The zero-order valence-corrected chi connectivity index (χ0v) is 6.93. The van der Waals surface area contributed by atoms with E-state index in [2.05, 4.69) is 28.9 Å². The molecule has 1 aromatic rings. The lowest BCUT2D eigenvalue weighted by atomic mass is 10.3. The van der Waals surface area contributed by atoms with E-state index in [1.54, 1.807) is 0 Å². The van der Waals surface area contributed by atoms with E-state index in [0.29, 0.717) is 0 Å². The van der Waals surface area contributed by atoms with E-state index in [9.17, 15) is 0 Å². The van der Waals surface area contributed by atoms with Gasteiger partial charge >= 0.3 is 0 Å². The van der Waals surface area contributed by atoms with Crippen molar-refractivity contribution in [3.63, 3.8) is 0 Å². The lowest BCUT2D eigenvalue weighted by molar-refractivity contribution is 0.241. The van der Waals surface area contributed by atoms with E-state index in [0.717, 1.165) is 13.1 Å². The minimum Gasteiger partial charge on any atom is -0.360 e. The molecule has 1 aliphatic rings. The molecule has 2 rings (SSSR count). The molecule has 2 heteroatoms. The third-order valence-electron chi connectivity index (χ3n) is 2.13. The highest BCUT2D eigenvalue weighted by atomic mass is 15.2. The Morgan fingerprint density at radius 3 is 2.55 bits per heavy atom. The molecule has 0 atom stereocenters. The van der Waals surface area contributed by atoms with E-state index in [1.165, 1.54) is 24.4 Å². The SMILES string of the molecule is CCCN1Cc2ccc([nH]2)C1. The van der Waals surface area contributed by atoms with Crippen LogP contribution in [0.1, 0.15) is 24.7 Å². The molecule has 0 saturated heterocycles. The van der Waals surface area contributed by atoms with Gasteiger partial charge in [-0.25, -0.2) is 0 Å². The summed E-state index contributed by atoms with van der Waals surface area (Å²) in [7, 11) is 0. The summed E-state index contributed by atoms with van der Waals surface area (Å²) in [6.45, 7) is 5.66. The van der Waals surface area contributed by atoms with Crippen molar-refractivity contribution in [1.82, 2.24) is 9.88 Å². The molecule has 2 bridgehead atoms. The molecule has 0 fully saturated rings. The third kappa shape index (κ3) is 1.31. The van der Waals surface area contributed by atoms with Crippen LogP contribution in [0.5, 0.6) is 0 Å². The maximum atomic E-state index is 3.36. The minimum atomic E-state index is 1.10. The summed E-state index contributed by atoms with van der Waals surface area (Å²) in [5.74, 6) is 0. The van der Waals surface area contributed by atoms with Crippen LogP contribution in [-0.2, 0) is 13.1 Å². The summed E-state index contributed by atoms with van der Waals surface area (Å²) in [6, 6.07) is 4.37. The summed E-state index contributed by atoms with van der Waals surface area (Å²) in [5.41, 5.74) is 2.72. The molecule has 1 aliphatic heterocycles. The smallest absolute Gasteiger partial charge is 0.0389 e. The van der Waals surface area contributed by atoms with Crippen molar-refractivity contribution >= 4 is 0 Å².